The molecule has 0 aliphatic heterocycles. The quantitative estimate of drug-likeness (QED) is 0.363. The van der Waals surface area contributed by atoms with E-state index in [1.807, 2.05) is 0 Å². The van der Waals surface area contributed by atoms with Gasteiger partial charge in [0.05, 0.1) is 16.9 Å². The normalized spacial score (nSPS) is 11.3. The van der Waals surface area contributed by atoms with Gasteiger partial charge in [-0.25, -0.2) is 8.42 Å². The second kappa shape index (κ2) is 11.6. The van der Waals surface area contributed by atoms with Crippen LogP contribution in [0.15, 0.2) is 41.3 Å². The number of ether oxygens (including phenoxy) is 2. The minimum atomic E-state index is -3.73. The molecule has 33 heavy (non-hydrogen) atoms. The molecule has 180 valence electrons. The smallest absolute Gasteiger partial charge is 0.271 e. The summed E-state index contributed by atoms with van der Waals surface area (Å²) in [6.45, 7) is 7.44. The molecule has 0 fully saturated rings. The Bertz CT molecular complexity index is 1100. The van der Waals surface area contributed by atoms with E-state index in [0.717, 1.165) is 44.1 Å². The SMILES string of the molecule is CCN(CC)CCOc1ccc(CNC(=O)c2cc([N+](=O)[O-])cc(S(C)(=O)=O)c2)cc1OC. The average Bonchev–Trinajstić information content (AvgIpc) is 2.79. The third-order valence-corrected chi connectivity index (χ3v) is 6.13. The lowest BCUT2D eigenvalue weighted by atomic mass is 10.1. The molecule has 0 saturated heterocycles. The summed E-state index contributed by atoms with van der Waals surface area (Å²) in [5.41, 5.74) is 0.119. The van der Waals surface area contributed by atoms with Gasteiger partial charge in [-0.1, -0.05) is 19.9 Å². The Labute approximate surface area is 193 Å². The van der Waals surface area contributed by atoms with Gasteiger partial charge in [-0.3, -0.25) is 14.9 Å². The van der Waals surface area contributed by atoms with Gasteiger partial charge in [0.25, 0.3) is 11.6 Å². The molecule has 2 rings (SSSR count). The van der Waals surface area contributed by atoms with Crippen LogP contribution in [-0.2, 0) is 16.4 Å². The largest absolute Gasteiger partial charge is 0.493 e. The molecule has 0 saturated carbocycles. The van der Waals surface area contributed by atoms with Crippen LogP contribution in [0.3, 0.4) is 0 Å². The molecule has 2 aromatic rings. The molecule has 0 aliphatic rings. The van der Waals surface area contributed by atoms with Crippen LogP contribution >= 0.6 is 0 Å². The number of nitrogens with zero attached hydrogens (tertiary/aromatic N) is 2. The molecule has 11 heteroatoms. The number of nitro benzene ring substituents is 1. The number of hydrogen-bond donors (Lipinski definition) is 1. The highest BCUT2D eigenvalue weighted by Gasteiger charge is 2.19. The van der Waals surface area contributed by atoms with Crippen LogP contribution in [0.25, 0.3) is 0 Å². The Morgan fingerprint density at radius 2 is 1.82 bits per heavy atom. The average molecular weight is 480 g/mol. The number of carbonyl (C=O) groups excluding carboxylic acids is 1. The monoisotopic (exact) mass is 479 g/mol. The van der Waals surface area contributed by atoms with E-state index < -0.39 is 26.4 Å². The predicted octanol–water partition coefficient (Wildman–Crippen LogP) is 2.66. The van der Waals surface area contributed by atoms with Gasteiger partial charge in [0.15, 0.2) is 21.3 Å². The van der Waals surface area contributed by atoms with E-state index in [1.54, 1.807) is 18.2 Å². The zero-order chi connectivity index (χ0) is 24.6. The van der Waals surface area contributed by atoms with Gasteiger partial charge in [-0.05, 0) is 36.9 Å². The van der Waals surface area contributed by atoms with Crippen molar-refractivity contribution in [3.8, 4) is 11.5 Å². The van der Waals surface area contributed by atoms with Crippen LogP contribution < -0.4 is 14.8 Å². The second-order valence-electron chi connectivity index (χ2n) is 7.29. The fourth-order valence-electron chi connectivity index (χ4n) is 3.08. The summed E-state index contributed by atoms with van der Waals surface area (Å²) in [4.78, 5) is 24.9. The Kier molecular flexibility index (Phi) is 9.18. The number of rotatable bonds is 12. The highest BCUT2D eigenvalue weighted by atomic mass is 32.2. The number of nitrogens with one attached hydrogen (secondary N) is 1. The van der Waals surface area contributed by atoms with E-state index in [1.165, 1.54) is 7.11 Å². The zero-order valence-corrected chi connectivity index (χ0v) is 20.0. The van der Waals surface area contributed by atoms with E-state index >= 15 is 0 Å². The molecule has 10 nitrogen and oxygen atoms in total. The summed E-state index contributed by atoms with van der Waals surface area (Å²) in [5.74, 6) is 0.453. The summed E-state index contributed by atoms with van der Waals surface area (Å²) in [7, 11) is -2.21. The molecule has 0 aromatic heterocycles. The molecular formula is C22H29N3O7S. The molecule has 0 aliphatic carbocycles. The van der Waals surface area contributed by atoms with Crippen LogP contribution in [0, 0.1) is 10.1 Å². The van der Waals surface area contributed by atoms with Crippen molar-refractivity contribution in [1.82, 2.24) is 10.2 Å². The van der Waals surface area contributed by atoms with Gasteiger partial charge in [0.2, 0.25) is 0 Å². The first-order valence-corrected chi connectivity index (χ1v) is 12.3. The minimum Gasteiger partial charge on any atom is -0.493 e. The van der Waals surface area contributed by atoms with Crippen LogP contribution in [0.1, 0.15) is 29.8 Å². The van der Waals surface area contributed by atoms with Crippen LogP contribution in [0.5, 0.6) is 11.5 Å². The van der Waals surface area contributed by atoms with Gasteiger partial charge in [-0.15, -0.1) is 0 Å². The first-order valence-electron chi connectivity index (χ1n) is 10.4. The molecule has 1 N–H and O–H groups in total. The summed E-state index contributed by atoms with van der Waals surface area (Å²) in [6.07, 6.45) is 0.922. The Hall–Kier alpha value is -3.18. The van der Waals surface area contributed by atoms with Gasteiger partial charge >= 0.3 is 0 Å². The number of nitro groups is 1. The van der Waals surface area contributed by atoms with Crippen LogP contribution in [0.4, 0.5) is 5.69 Å². The van der Waals surface area contributed by atoms with E-state index in [0.29, 0.717) is 23.7 Å². The first-order chi connectivity index (χ1) is 15.6. The fraction of sp³-hybridized carbons (Fsp3) is 0.409. The third kappa shape index (κ3) is 7.43. The van der Waals surface area contributed by atoms with Gasteiger partial charge in [0, 0.05) is 37.0 Å². The molecule has 0 radical (unpaired) electrons. The van der Waals surface area contributed by atoms with Gasteiger partial charge in [-0.2, -0.15) is 0 Å². The molecule has 0 bridgehead atoms. The van der Waals surface area contributed by atoms with Crippen molar-refractivity contribution < 1.29 is 27.6 Å². The molecule has 0 spiro atoms. The molecule has 0 heterocycles. The summed E-state index contributed by atoms with van der Waals surface area (Å²) < 4.78 is 34.9. The van der Waals surface area contributed by atoms with Crippen molar-refractivity contribution in [3.63, 3.8) is 0 Å². The molecule has 2 aromatic carbocycles. The number of methoxy groups -OCH3 is 1. The number of hydrogen-bond acceptors (Lipinski definition) is 8. The third-order valence-electron chi connectivity index (χ3n) is 5.03. The van der Waals surface area contributed by atoms with Crippen molar-refractivity contribution in [3.05, 3.63) is 57.6 Å². The summed E-state index contributed by atoms with van der Waals surface area (Å²) in [5, 5.41) is 13.8. The lowest BCUT2D eigenvalue weighted by molar-refractivity contribution is -0.385. The Balaban J connectivity index is 2.11. The Morgan fingerprint density at radius 1 is 1.12 bits per heavy atom. The molecule has 0 atom stereocenters. The maximum absolute atomic E-state index is 12.6. The standard InChI is InChI=1S/C22H29N3O7S/c1-5-24(6-2)9-10-32-20-8-7-16(11-21(20)31-3)15-23-22(26)17-12-18(25(27)28)14-19(13-17)33(4,29)30/h7-8,11-14H,5-6,9-10,15H2,1-4H3,(H,23,26). The van der Waals surface area contributed by atoms with Crippen molar-refractivity contribution in [2.24, 2.45) is 0 Å². The number of likely N-dealkylation sites (N-methyl/N-ethyl adjacent to an activating group) is 1. The van der Waals surface area contributed by atoms with Gasteiger partial charge in [0.1, 0.15) is 6.61 Å². The number of non-ortho nitro benzene ring substituents is 1. The summed E-state index contributed by atoms with van der Waals surface area (Å²) in [6, 6.07) is 8.32. The van der Waals surface area contributed by atoms with Crippen LogP contribution in [-0.4, -0.2) is 63.8 Å². The highest BCUT2D eigenvalue weighted by molar-refractivity contribution is 7.90. The first kappa shape index (κ1) is 26.1. The van der Waals surface area contributed by atoms with Crippen LogP contribution in [0.2, 0.25) is 0 Å². The molecule has 0 unspecified atom stereocenters. The van der Waals surface area contributed by atoms with Crippen molar-refractivity contribution in [2.45, 2.75) is 25.3 Å². The summed E-state index contributed by atoms with van der Waals surface area (Å²) >= 11 is 0. The number of amides is 1. The highest BCUT2D eigenvalue weighted by Crippen LogP contribution is 2.28. The van der Waals surface area contributed by atoms with Gasteiger partial charge < -0.3 is 19.7 Å². The van der Waals surface area contributed by atoms with Crippen molar-refractivity contribution in [1.29, 1.82) is 0 Å². The lowest BCUT2D eigenvalue weighted by Gasteiger charge is -2.19. The van der Waals surface area contributed by atoms with Crippen molar-refractivity contribution >= 4 is 21.4 Å². The maximum Gasteiger partial charge on any atom is 0.271 e. The fourth-order valence-corrected chi connectivity index (χ4v) is 3.76. The zero-order valence-electron chi connectivity index (χ0n) is 19.2. The topological polar surface area (TPSA) is 128 Å². The van der Waals surface area contributed by atoms with E-state index in [-0.39, 0.29) is 17.0 Å². The number of benzene rings is 2. The minimum absolute atomic E-state index is 0.103. The Morgan fingerprint density at radius 3 is 2.39 bits per heavy atom. The van der Waals surface area contributed by atoms with E-state index in [4.69, 9.17) is 9.47 Å². The molecule has 1 amide bonds. The molecular weight excluding hydrogens is 450 g/mol. The second-order valence-corrected chi connectivity index (χ2v) is 9.30. The predicted molar refractivity (Wildman–Crippen MR) is 124 cm³/mol. The van der Waals surface area contributed by atoms with E-state index in [9.17, 15) is 23.3 Å². The lowest BCUT2D eigenvalue weighted by Crippen LogP contribution is -2.28. The maximum atomic E-state index is 12.6. The van der Waals surface area contributed by atoms with Crippen molar-refractivity contribution in [2.75, 3.05) is 39.6 Å². The number of carbonyl (C=O) groups is 1. The van der Waals surface area contributed by atoms with E-state index in [2.05, 4.69) is 24.1 Å². The number of sulfone groups is 1.